The van der Waals surface area contributed by atoms with Crippen LogP contribution in [-0.4, -0.2) is 34.0 Å². The van der Waals surface area contributed by atoms with Crippen molar-refractivity contribution < 1.29 is 18.6 Å². The fourth-order valence-electron chi connectivity index (χ4n) is 2.77. The Balaban J connectivity index is 2.23. The van der Waals surface area contributed by atoms with E-state index in [9.17, 15) is 4.39 Å². The topological polar surface area (TPSA) is 27.7 Å². The van der Waals surface area contributed by atoms with E-state index in [1.165, 1.54) is 12.1 Å². The Morgan fingerprint density at radius 1 is 0.966 bits per heavy atom. The van der Waals surface area contributed by atoms with E-state index >= 15 is 0 Å². The second-order valence-corrected chi connectivity index (χ2v) is 14.2. The molecule has 0 aliphatic carbocycles. The highest BCUT2D eigenvalue weighted by atomic mass is 35.5. The van der Waals surface area contributed by atoms with Gasteiger partial charge in [0.2, 0.25) is 0 Å². The number of hydrogen-bond acceptors (Lipinski definition) is 3. The van der Waals surface area contributed by atoms with Gasteiger partial charge in [0.05, 0.1) is 6.61 Å². The van der Waals surface area contributed by atoms with E-state index < -0.39 is 8.07 Å². The predicted octanol–water partition coefficient (Wildman–Crippen LogP) is 6.75. The number of halogens is 2. The summed E-state index contributed by atoms with van der Waals surface area (Å²) >= 11 is 5.77. The van der Waals surface area contributed by atoms with Crippen LogP contribution in [0.25, 0.3) is 11.1 Å². The molecule has 6 heteroatoms. The predicted molar refractivity (Wildman–Crippen MR) is 122 cm³/mol. The van der Waals surface area contributed by atoms with Crippen LogP contribution >= 0.6 is 11.6 Å². The van der Waals surface area contributed by atoms with E-state index in [1.54, 1.807) is 12.1 Å². The average molecular weight is 439 g/mol. The van der Waals surface area contributed by atoms with E-state index in [4.69, 9.17) is 25.8 Å². The zero-order valence-corrected chi connectivity index (χ0v) is 19.7. The molecule has 2 aromatic carbocycles. The fraction of sp³-hybridized carbons (Fsp3) is 0.478. The first-order chi connectivity index (χ1) is 13.8. The SMILES string of the molecule is CCc1cc(-c2ccc(F)cc2)c(OCOCC[Si](C)(C)C)cc1OCCCCl. The summed E-state index contributed by atoms with van der Waals surface area (Å²) in [6.07, 6.45) is 1.60. The van der Waals surface area contributed by atoms with Crippen molar-refractivity contribution in [2.75, 3.05) is 25.9 Å². The summed E-state index contributed by atoms with van der Waals surface area (Å²) in [5, 5.41) is 0. The van der Waals surface area contributed by atoms with Crippen LogP contribution in [0, 0.1) is 5.82 Å². The molecular formula is C23H32ClFO3Si. The fourth-order valence-corrected chi connectivity index (χ4v) is 3.64. The van der Waals surface area contributed by atoms with Crippen LogP contribution in [0.5, 0.6) is 11.5 Å². The van der Waals surface area contributed by atoms with Gasteiger partial charge in [-0.25, -0.2) is 4.39 Å². The molecule has 0 aliphatic rings. The van der Waals surface area contributed by atoms with Crippen LogP contribution in [0.2, 0.25) is 25.7 Å². The van der Waals surface area contributed by atoms with Crippen molar-refractivity contribution >= 4 is 19.7 Å². The first-order valence-electron chi connectivity index (χ1n) is 10.2. The summed E-state index contributed by atoms with van der Waals surface area (Å²) in [5.74, 6) is 1.76. The Hall–Kier alpha value is -1.56. The molecule has 0 heterocycles. The molecule has 0 unspecified atom stereocenters. The average Bonchev–Trinajstić information content (AvgIpc) is 2.68. The summed E-state index contributed by atoms with van der Waals surface area (Å²) in [4.78, 5) is 0. The molecule has 0 N–H and O–H groups in total. The molecule has 0 aliphatic heterocycles. The second-order valence-electron chi connectivity index (χ2n) is 8.19. The van der Waals surface area contributed by atoms with Gasteiger partial charge in [0.25, 0.3) is 0 Å². The summed E-state index contributed by atoms with van der Waals surface area (Å²) < 4.78 is 31.0. The molecule has 0 spiro atoms. The molecule has 0 amide bonds. The Bertz CT molecular complexity index is 760. The summed E-state index contributed by atoms with van der Waals surface area (Å²) in [7, 11) is -1.14. The van der Waals surface area contributed by atoms with Crippen molar-refractivity contribution in [1.29, 1.82) is 0 Å². The molecule has 2 aromatic rings. The molecule has 3 nitrogen and oxygen atoms in total. The lowest BCUT2D eigenvalue weighted by atomic mass is 10.00. The van der Waals surface area contributed by atoms with E-state index in [2.05, 4.69) is 32.6 Å². The van der Waals surface area contributed by atoms with Crippen LogP contribution in [0.3, 0.4) is 0 Å². The molecule has 0 atom stereocenters. The largest absolute Gasteiger partial charge is 0.493 e. The van der Waals surface area contributed by atoms with E-state index in [-0.39, 0.29) is 12.6 Å². The van der Waals surface area contributed by atoms with Gasteiger partial charge in [0, 0.05) is 32.2 Å². The number of rotatable bonds is 12. The molecule has 2 rings (SSSR count). The van der Waals surface area contributed by atoms with Crippen LogP contribution in [0.1, 0.15) is 18.9 Å². The molecule has 0 fully saturated rings. The highest BCUT2D eigenvalue weighted by Crippen LogP contribution is 2.37. The highest BCUT2D eigenvalue weighted by molar-refractivity contribution is 6.76. The lowest BCUT2D eigenvalue weighted by molar-refractivity contribution is 0.0222. The first kappa shape index (κ1) is 23.7. The smallest absolute Gasteiger partial charge is 0.189 e. The third-order valence-corrected chi connectivity index (χ3v) is 6.50. The molecule has 0 aromatic heterocycles. The monoisotopic (exact) mass is 438 g/mol. The van der Waals surface area contributed by atoms with Crippen molar-refractivity contribution in [3.05, 3.63) is 47.8 Å². The second kappa shape index (κ2) is 11.6. The van der Waals surface area contributed by atoms with Gasteiger partial charge < -0.3 is 14.2 Å². The number of hydrogen-bond donors (Lipinski definition) is 0. The van der Waals surface area contributed by atoms with Crippen molar-refractivity contribution in [3.8, 4) is 22.6 Å². The minimum absolute atomic E-state index is 0.172. The lowest BCUT2D eigenvalue weighted by Gasteiger charge is -2.18. The quantitative estimate of drug-likeness (QED) is 0.159. The zero-order valence-electron chi connectivity index (χ0n) is 17.9. The van der Waals surface area contributed by atoms with Gasteiger partial charge in [-0.05, 0) is 48.2 Å². The molecule has 0 saturated carbocycles. The zero-order chi connectivity index (χ0) is 21.3. The van der Waals surface area contributed by atoms with Gasteiger partial charge in [-0.15, -0.1) is 11.6 Å². The molecular weight excluding hydrogens is 407 g/mol. The number of ether oxygens (including phenoxy) is 3. The van der Waals surface area contributed by atoms with Gasteiger partial charge in [-0.3, -0.25) is 0 Å². The van der Waals surface area contributed by atoms with Crippen molar-refractivity contribution in [1.82, 2.24) is 0 Å². The third-order valence-electron chi connectivity index (χ3n) is 4.53. The number of alkyl halides is 1. The molecule has 29 heavy (non-hydrogen) atoms. The highest BCUT2D eigenvalue weighted by Gasteiger charge is 2.15. The lowest BCUT2D eigenvalue weighted by Crippen LogP contribution is -2.22. The standard InChI is InChI=1S/C23H32ClFO3Si/c1-5-18-15-21(19-7-9-20(25)10-8-19)23(16-22(18)27-12-6-11-24)28-17-26-13-14-29(2,3)4/h7-10,15-16H,5-6,11-14,17H2,1-4H3. The molecule has 0 radical (unpaired) electrons. The summed E-state index contributed by atoms with van der Waals surface area (Å²) in [6, 6.07) is 11.5. The molecule has 160 valence electrons. The van der Waals surface area contributed by atoms with Gasteiger partial charge in [-0.2, -0.15) is 0 Å². The van der Waals surface area contributed by atoms with E-state index in [1.807, 2.05) is 6.07 Å². The Kier molecular flexibility index (Phi) is 9.47. The van der Waals surface area contributed by atoms with Crippen molar-refractivity contribution in [3.63, 3.8) is 0 Å². The van der Waals surface area contributed by atoms with Crippen LogP contribution in [0.4, 0.5) is 4.39 Å². The summed E-state index contributed by atoms with van der Waals surface area (Å²) in [6.45, 7) is 10.4. The van der Waals surface area contributed by atoms with Crippen molar-refractivity contribution in [2.45, 2.75) is 45.5 Å². The maximum atomic E-state index is 13.4. The normalized spacial score (nSPS) is 11.5. The van der Waals surface area contributed by atoms with E-state index in [0.29, 0.717) is 24.8 Å². The molecule has 0 bridgehead atoms. The minimum atomic E-state index is -1.14. The maximum Gasteiger partial charge on any atom is 0.189 e. The van der Waals surface area contributed by atoms with Gasteiger partial charge in [0.1, 0.15) is 17.3 Å². The Morgan fingerprint density at radius 2 is 1.69 bits per heavy atom. The Morgan fingerprint density at radius 3 is 2.31 bits per heavy atom. The van der Waals surface area contributed by atoms with Crippen molar-refractivity contribution in [2.24, 2.45) is 0 Å². The number of aryl methyl sites for hydroxylation is 1. The van der Waals surface area contributed by atoms with E-state index in [0.717, 1.165) is 41.3 Å². The third kappa shape index (κ3) is 7.99. The van der Waals surface area contributed by atoms with Crippen LogP contribution in [-0.2, 0) is 11.2 Å². The van der Waals surface area contributed by atoms with Crippen LogP contribution in [0.15, 0.2) is 36.4 Å². The summed E-state index contributed by atoms with van der Waals surface area (Å²) in [5.41, 5.74) is 2.87. The van der Waals surface area contributed by atoms with Crippen LogP contribution < -0.4 is 9.47 Å². The Labute approximate surface area is 180 Å². The molecule has 0 saturated heterocycles. The van der Waals surface area contributed by atoms with Gasteiger partial charge in [0.15, 0.2) is 6.79 Å². The maximum absolute atomic E-state index is 13.4. The first-order valence-corrected chi connectivity index (χ1v) is 14.4. The van der Waals surface area contributed by atoms with Gasteiger partial charge >= 0.3 is 0 Å². The minimum Gasteiger partial charge on any atom is -0.493 e. The number of benzene rings is 2. The van der Waals surface area contributed by atoms with Gasteiger partial charge in [-0.1, -0.05) is 38.7 Å².